The van der Waals surface area contributed by atoms with Crippen LogP contribution in [0.15, 0.2) is 82.4 Å². The number of anilines is 2. The van der Waals surface area contributed by atoms with Crippen LogP contribution in [0.25, 0.3) is 22.9 Å². The molecule has 0 aliphatic carbocycles. The van der Waals surface area contributed by atoms with Crippen molar-refractivity contribution in [1.29, 1.82) is 0 Å². The highest BCUT2D eigenvalue weighted by Gasteiger charge is 2.22. The standard InChI is InChI=1S/C24H23N5O4S.C3H8.C2H6/c1-24(2,3)23(30)26-18-9-5-10-19(14-18)29-34(31,32)20-11-4-7-16(13-20)21-27-28-22(33-21)17-8-6-12-25-15-17;1-3-2;1-2/h4-15,29H,1-3H3,(H,26,30);3H2,1-2H3;1-2H3. The molecule has 39 heavy (non-hydrogen) atoms. The molecule has 0 aliphatic rings. The van der Waals surface area contributed by atoms with Gasteiger partial charge in [0.2, 0.25) is 17.7 Å². The van der Waals surface area contributed by atoms with Crippen LogP contribution in [0.2, 0.25) is 0 Å². The maximum Gasteiger partial charge on any atom is 0.261 e. The van der Waals surface area contributed by atoms with Crippen LogP contribution in [0.1, 0.15) is 54.9 Å². The maximum absolute atomic E-state index is 13.0. The van der Waals surface area contributed by atoms with E-state index < -0.39 is 15.4 Å². The van der Waals surface area contributed by atoms with E-state index in [-0.39, 0.29) is 22.6 Å². The predicted molar refractivity (Wildman–Crippen MR) is 156 cm³/mol. The number of benzene rings is 2. The molecule has 2 heterocycles. The van der Waals surface area contributed by atoms with E-state index in [0.29, 0.717) is 22.5 Å². The van der Waals surface area contributed by atoms with E-state index in [4.69, 9.17) is 4.42 Å². The Balaban J connectivity index is 0.000000998. The van der Waals surface area contributed by atoms with Gasteiger partial charge in [-0.25, -0.2) is 8.42 Å². The first kappa shape index (κ1) is 31.2. The number of sulfonamides is 1. The average Bonchev–Trinajstić information content (AvgIpc) is 3.41. The SMILES string of the molecule is CC.CC(C)(C)C(=O)Nc1cccc(NS(=O)(=O)c2cccc(-c3nnc(-c4cccnc4)o3)c2)c1.CCC. The summed E-state index contributed by atoms with van der Waals surface area (Å²) in [6, 6.07) is 16.2. The lowest BCUT2D eigenvalue weighted by molar-refractivity contribution is -0.123. The van der Waals surface area contributed by atoms with Gasteiger partial charge in [-0.05, 0) is 48.5 Å². The molecule has 208 valence electrons. The van der Waals surface area contributed by atoms with Gasteiger partial charge in [0.25, 0.3) is 10.0 Å². The van der Waals surface area contributed by atoms with Gasteiger partial charge in [0.15, 0.2) is 0 Å². The predicted octanol–water partition coefficient (Wildman–Crippen LogP) is 7.03. The fourth-order valence-corrected chi connectivity index (χ4v) is 4.03. The number of pyridine rings is 1. The lowest BCUT2D eigenvalue weighted by Crippen LogP contribution is -2.27. The summed E-state index contributed by atoms with van der Waals surface area (Å²) in [6.07, 6.45) is 4.48. The Bertz CT molecular complexity index is 1450. The van der Waals surface area contributed by atoms with Gasteiger partial charge in [-0.3, -0.25) is 14.5 Å². The first-order valence-electron chi connectivity index (χ1n) is 12.8. The summed E-state index contributed by atoms with van der Waals surface area (Å²) >= 11 is 0. The fraction of sp³-hybridized carbons (Fsp3) is 0.310. The molecule has 0 radical (unpaired) electrons. The minimum absolute atomic E-state index is 0.0234. The Morgan fingerprint density at radius 3 is 2.08 bits per heavy atom. The third kappa shape index (κ3) is 9.03. The van der Waals surface area contributed by atoms with Gasteiger partial charge in [0, 0.05) is 29.1 Å². The molecule has 0 saturated heterocycles. The summed E-state index contributed by atoms with van der Waals surface area (Å²) in [7, 11) is -3.93. The van der Waals surface area contributed by atoms with Crippen molar-refractivity contribution in [2.24, 2.45) is 5.41 Å². The molecule has 0 fully saturated rings. The molecular formula is C29H37N5O4S. The Hall–Kier alpha value is -4.05. The summed E-state index contributed by atoms with van der Waals surface area (Å²) < 4.78 is 34.3. The highest BCUT2D eigenvalue weighted by Crippen LogP contribution is 2.27. The van der Waals surface area contributed by atoms with E-state index in [1.807, 2.05) is 13.8 Å². The zero-order valence-electron chi connectivity index (χ0n) is 23.5. The normalized spacial score (nSPS) is 10.8. The minimum atomic E-state index is -3.93. The van der Waals surface area contributed by atoms with Gasteiger partial charge >= 0.3 is 0 Å². The van der Waals surface area contributed by atoms with Crippen LogP contribution in [0.3, 0.4) is 0 Å². The number of amides is 1. The highest BCUT2D eigenvalue weighted by atomic mass is 32.2. The van der Waals surface area contributed by atoms with E-state index in [2.05, 4.69) is 39.1 Å². The molecule has 4 rings (SSSR count). The lowest BCUT2D eigenvalue weighted by Gasteiger charge is -2.18. The number of hydrogen-bond donors (Lipinski definition) is 2. The third-order valence-electron chi connectivity index (χ3n) is 4.78. The van der Waals surface area contributed by atoms with Crippen LogP contribution in [0.5, 0.6) is 0 Å². The van der Waals surface area contributed by atoms with Crippen LogP contribution in [-0.2, 0) is 14.8 Å². The monoisotopic (exact) mass is 551 g/mol. The molecule has 0 spiro atoms. The average molecular weight is 552 g/mol. The molecule has 0 unspecified atom stereocenters. The number of rotatable bonds is 6. The second-order valence-corrected chi connectivity index (χ2v) is 11.0. The first-order chi connectivity index (χ1) is 18.5. The van der Waals surface area contributed by atoms with Crippen molar-refractivity contribution in [3.05, 3.63) is 73.1 Å². The van der Waals surface area contributed by atoms with E-state index in [1.165, 1.54) is 18.6 Å². The second-order valence-electron chi connectivity index (χ2n) is 9.28. The van der Waals surface area contributed by atoms with Gasteiger partial charge < -0.3 is 9.73 Å². The molecule has 0 aliphatic heterocycles. The summed E-state index contributed by atoms with van der Waals surface area (Å²) in [5.41, 5.74) is 1.33. The summed E-state index contributed by atoms with van der Waals surface area (Å²) in [6.45, 7) is 13.6. The molecule has 2 N–H and O–H groups in total. The maximum atomic E-state index is 13.0. The van der Waals surface area contributed by atoms with E-state index in [1.54, 1.807) is 81.7 Å². The number of nitrogens with one attached hydrogen (secondary N) is 2. The number of hydrogen-bond acceptors (Lipinski definition) is 7. The topological polar surface area (TPSA) is 127 Å². The van der Waals surface area contributed by atoms with Crippen molar-refractivity contribution in [2.45, 2.75) is 59.8 Å². The quantitative estimate of drug-likeness (QED) is 0.263. The molecule has 0 saturated carbocycles. The van der Waals surface area contributed by atoms with Gasteiger partial charge in [0.05, 0.1) is 16.1 Å². The van der Waals surface area contributed by atoms with Crippen molar-refractivity contribution < 1.29 is 17.6 Å². The Morgan fingerprint density at radius 1 is 0.872 bits per heavy atom. The van der Waals surface area contributed by atoms with Crippen molar-refractivity contribution in [2.75, 3.05) is 10.0 Å². The van der Waals surface area contributed by atoms with Crippen LogP contribution in [-0.4, -0.2) is 29.5 Å². The Morgan fingerprint density at radius 2 is 1.46 bits per heavy atom. The third-order valence-corrected chi connectivity index (χ3v) is 6.16. The summed E-state index contributed by atoms with van der Waals surface area (Å²) in [5.74, 6) is 0.289. The molecule has 2 aromatic heterocycles. The largest absolute Gasteiger partial charge is 0.416 e. The number of carbonyl (C=O) groups excluding carboxylic acids is 1. The fourth-order valence-electron chi connectivity index (χ4n) is 2.94. The summed E-state index contributed by atoms with van der Waals surface area (Å²) in [5, 5.41) is 10.8. The Kier molecular flexibility index (Phi) is 11.3. The van der Waals surface area contributed by atoms with Crippen LogP contribution < -0.4 is 10.0 Å². The number of carbonyl (C=O) groups is 1. The molecule has 0 atom stereocenters. The molecule has 10 heteroatoms. The van der Waals surface area contributed by atoms with Crippen molar-refractivity contribution in [3.8, 4) is 22.9 Å². The van der Waals surface area contributed by atoms with Crippen LogP contribution in [0.4, 0.5) is 11.4 Å². The van der Waals surface area contributed by atoms with Crippen molar-refractivity contribution in [1.82, 2.24) is 15.2 Å². The minimum Gasteiger partial charge on any atom is -0.416 e. The molecular weight excluding hydrogens is 514 g/mol. The number of aromatic nitrogens is 3. The zero-order valence-corrected chi connectivity index (χ0v) is 24.3. The van der Waals surface area contributed by atoms with E-state index in [0.717, 1.165) is 0 Å². The zero-order chi connectivity index (χ0) is 29.1. The highest BCUT2D eigenvalue weighted by molar-refractivity contribution is 7.92. The van der Waals surface area contributed by atoms with Gasteiger partial charge in [-0.1, -0.05) is 67.0 Å². The lowest BCUT2D eigenvalue weighted by atomic mass is 9.95. The van der Waals surface area contributed by atoms with Crippen LogP contribution >= 0.6 is 0 Å². The molecule has 2 aromatic carbocycles. The van der Waals surface area contributed by atoms with Crippen LogP contribution in [0, 0.1) is 5.41 Å². The first-order valence-corrected chi connectivity index (χ1v) is 14.3. The van der Waals surface area contributed by atoms with E-state index in [9.17, 15) is 13.2 Å². The molecule has 4 aromatic rings. The van der Waals surface area contributed by atoms with Gasteiger partial charge in [0.1, 0.15) is 0 Å². The van der Waals surface area contributed by atoms with Crippen molar-refractivity contribution in [3.63, 3.8) is 0 Å². The van der Waals surface area contributed by atoms with Gasteiger partial charge in [-0.2, -0.15) is 0 Å². The van der Waals surface area contributed by atoms with Gasteiger partial charge in [-0.15, -0.1) is 10.2 Å². The smallest absolute Gasteiger partial charge is 0.261 e. The molecule has 0 bridgehead atoms. The molecule has 1 amide bonds. The molecule has 9 nitrogen and oxygen atoms in total. The second kappa shape index (κ2) is 14.2. The Labute approximate surface area is 231 Å². The van der Waals surface area contributed by atoms with Crippen molar-refractivity contribution >= 4 is 27.3 Å². The summed E-state index contributed by atoms with van der Waals surface area (Å²) in [4.78, 5) is 16.3. The van der Waals surface area contributed by atoms with E-state index >= 15 is 0 Å². The number of nitrogens with zero attached hydrogens (tertiary/aromatic N) is 3.